The first-order chi connectivity index (χ1) is 12.1. The summed E-state index contributed by atoms with van der Waals surface area (Å²) >= 11 is 0. The molecule has 0 aromatic heterocycles. The minimum absolute atomic E-state index is 0.0187. The van der Waals surface area contributed by atoms with Crippen molar-refractivity contribution in [2.24, 2.45) is 0 Å². The SMILES string of the molecule is OCc1cc2c(cc1-c1ccc(C(F)(F)C(F)(F)F)c(F)c1)OCCO2. The van der Waals surface area contributed by atoms with Gasteiger partial charge >= 0.3 is 12.1 Å². The Hall–Kier alpha value is -2.42. The minimum atomic E-state index is -5.91. The van der Waals surface area contributed by atoms with Crippen LogP contribution in [0.1, 0.15) is 11.1 Å². The largest absolute Gasteiger partial charge is 0.486 e. The van der Waals surface area contributed by atoms with Crippen LogP contribution in [0, 0.1) is 5.82 Å². The van der Waals surface area contributed by atoms with Crippen molar-refractivity contribution in [1.29, 1.82) is 0 Å². The smallest absolute Gasteiger partial charge is 0.458 e. The van der Waals surface area contributed by atoms with Gasteiger partial charge in [0.15, 0.2) is 11.5 Å². The Bertz CT molecular complexity index is 832. The Balaban J connectivity index is 2.08. The number of rotatable bonds is 3. The van der Waals surface area contributed by atoms with E-state index in [2.05, 4.69) is 0 Å². The van der Waals surface area contributed by atoms with E-state index in [4.69, 9.17) is 9.47 Å². The maximum absolute atomic E-state index is 14.0. The lowest BCUT2D eigenvalue weighted by molar-refractivity contribution is -0.290. The summed E-state index contributed by atoms with van der Waals surface area (Å²) in [6.07, 6.45) is -5.91. The van der Waals surface area contributed by atoms with Gasteiger partial charge in [-0.25, -0.2) is 4.39 Å². The van der Waals surface area contributed by atoms with Crippen LogP contribution in [0.5, 0.6) is 11.5 Å². The zero-order valence-corrected chi connectivity index (χ0v) is 13.0. The van der Waals surface area contributed by atoms with Crippen LogP contribution in [0.3, 0.4) is 0 Å². The van der Waals surface area contributed by atoms with E-state index in [0.717, 1.165) is 6.07 Å². The summed E-state index contributed by atoms with van der Waals surface area (Å²) in [7, 11) is 0. The van der Waals surface area contributed by atoms with Gasteiger partial charge in [0.2, 0.25) is 0 Å². The van der Waals surface area contributed by atoms with Crippen molar-refractivity contribution in [3.63, 3.8) is 0 Å². The highest BCUT2D eigenvalue weighted by atomic mass is 19.4. The van der Waals surface area contributed by atoms with Gasteiger partial charge in [-0.15, -0.1) is 0 Å². The second kappa shape index (κ2) is 6.39. The molecule has 2 aromatic rings. The molecule has 1 heterocycles. The second-order valence-electron chi connectivity index (χ2n) is 5.58. The van der Waals surface area contributed by atoms with Crippen LogP contribution in [-0.4, -0.2) is 24.5 Å². The Morgan fingerprint density at radius 3 is 2.08 bits per heavy atom. The van der Waals surface area contributed by atoms with E-state index in [1.54, 1.807) is 0 Å². The molecule has 0 atom stereocenters. The molecular weight excluding hydrogens is 366 g/mol. The molecule has 0 saturated carbocycles. The van der Waals surface area contributed by atoms with Crippen molar-refractivity contribution < 1.29 is 40.9 Å². The van der Waals surface area contributed by atoms with Gasteiger partial charge in [0, 0.05) is 0 Å². The first-order valence-corrected chi connectivity index (χ1v) is 7.43. The van der Waals surface area contributed by atoms with Crippen LogP contribution in [0.25, 0.3) is 11.1 Å². The highest BCUT2D eigenvalue weighted by Gasteiger charge is 2.59. The first kappa shape index (κ1) is 18.4. The molecule has 26 heavy (non-hydrogen) atoms. The fourth-order valence-electron chi connectivity index (χ4n) is 2.62. The van der Waals surface area contributed by atoms with Crippen LogP contribution in [0.2, 0.25) is 0 Å². The van der Waals surface area contributed by atoms with Gasteiger partial charge in [-0.2, -0.15) is 22.0 Å². The molecule has 0 bridgehead atoms. The van der Waals surface area contributed by atoms with Gasteiger partial charge < -0.3 is 14.6 Å². The fraction of sp³-hybridized carbons (Fsp3) is 0.294. The Labute approximate surface area is 143 Å². The number of aliphatic hydroxyl groups is 1. The number of halogens is 6. The lowest BCUT2D eigenvalue weighted by Gasteiger charge is -2.22. The zero-order chi connectivity index (χ0) is 19.1. The molecular formula is C17H12F6O3. The molecule has 1 aliphatic heterocycles. The lowest BCUT2D eigenvalue weighted by atomic mass is 9.96. The average Bonchev–Trinajstić information content (AvgIpc) is 2.59. The lowest BCUT2D eigenvalue weighted by Crippen LogP contribution is -2.34. The normalized spacial score (nSPS) is 14.4. The number of fused-ring (bicyclic) bond motifs is 1. The maximum Gasteiger partial charge on any atom is 0.458 e. The fourth-order valence-corrected chi connectivity index (χ4v) is 2.62. The Morgan fingerprint density at radius 1 is 0.923 bits per heavy atom. The quantitative estimate of drug-likeness (QED) is 0.805. The third kappa shape index (κ3) is 3.07. The molecule has 0 fully saturated rings. The van der Waals surface area contributed by atoms with Crippen molar-refractivity contribution in [2.45, 2.75) is 18.7 Å². The molecule has 140 valence electrons. The molecule has 0 aliphatic carbocycles. The Morgan fingerprint density at radius 2 is 1.54 bits per heavy atom. The number of ether oxygens (including phenoxy) is 2. The van der Waals surface area contributed by atoms with Gasteiger partial charge in [0.05, 0.1) is 12.2 Å². The summed E-state index contributed by atoms with van der Waals surface area (Å²) in [5, 5.41) is 9.48. The maximum atomic E-state index is 14.0. The predicted molar refractivity (Wildman–Crippen MR) is 78.7 cm³/mol. The molecule has 0 saturated heterocycles. The average molecular weight is 378 g/mol. The van der Waals surface area contributed by atoms with E-state index >= 15 is 0 Å². The summed E-state index contributed by atoms with van der Waals surface area (Å²) in [6, 6.07) is 4.74. The number of alkyl halides is 5. The molecule has 0 spiro atoms. The predicted octanol–water partition coefficient (Wildman–Crippen LogP) is 4.41. The van der Waals surface area contributed by atoms with Crippen molar-refractivity contribution in [3.05, 3.63) is 47.3 Å². The van der Waals surface area contributed by atoms with E-state index < -0.39 is 30.1 Å². The molecule has 2 aromatic carbocycles. The third-order valence-electron chi connectivity index (χ3n) is 3.91. The summed E-state index contributed by atoms with van der Waals surface area (Å²) in [4.78, 5) is 0. The summed E-state index contributed by atoms with van der Waals surface area (Å²) in [6.45, 7) is 0.0805. The van der Waals surface area contributed by atoms with Crippen molar-refractivity contribution >= 4 is 0 Å². The van der Waals surface area contributed by atoms with Crippen LogP contribution < -0.4 is 9.47 Å². The zero-order valence-electron chi connectivity index (χ0n) is 13.0. The van der Waals surface area contributed by atoms with Crippen LogP contribution in [0.4, 0.5) is 26.3 Å². The van der Waals surface area contributed by atoms with Gasteiger partial charge in [0.25, 0.3) is 0 Å². The molecule has 0 unspecified atom stereocenters. The van der Waals surface area contributed by atoms with Crippen molar-refractivity contribution in [1.82, 2.24) is 0 Å². The van der Waals surface area contributed by atoms with Gasteiger partial charge in [0.1, 0.15) is 19.0 Å². The standard InChI is InChI=1S/C17H12F6O3/c18-13-5-9(1-2-12(13)16(19,20)17(21,22)23)11-7-15-14(6-10(11)8-24)25-3-4-26-15/h1-2,5-7,24H,3-4,8H2. The molecule has 1 N–H and O–H groups in total. The first-order valence-electron chi connectivity index (χ1n) is 7.43. The van der Waals surface area contributed by atoms with Crippen LogP contribution in [0.15, 0.2) is 30.3 Å². The number of hydrogen-bond donors (Lipinski definition) is 1. The second-order valence-corrected chi connectivity index (χ2v) is 5.58. The third-order valence-corrected chi connectivity index (χ3v) is 3.91. The summed E-state index contributed by atoms with van der Waals surface area (Å²) < 4.78 is 88.9. The molecule has 3 nitrogen and oxygen atoms in total. The highest BCUT2D eigenvalue weighted by molar-refractivity contribution is 5.71. The minimum Gasteiger partial charge on any atom is -0.486 e. The van der Waals surface area contributed by atoms with E-state index in [-0.39, 0.29) is 23.3 Å². The molecule has 3 rings (SSSR count). The van der Waals surface area contributed by atoms with E-state index in [9.17, 15) is 31.4 Å². The van der Waals surface area contributed by atoms with E-state index in [1.807, 2.05) is 0 Å². The molecule has 9 heteroatoms. The monoisotopic (exact) mass is 378 g/mol. The topological polar surface area (TPSA) is 38.7 Å². The molecule has 0 amide bonds. The van der Waals surface area contributed by atoms with Crippen LogP contribution >= 0.6 is 0 Å². The Kier molecular flexibility index (Phi) is 4.51. The van der Waals surface area contributed by atoms with Crippen molar-refractivity contribution in [3.8, 4) is 22.6 Å². The van der Waals surface area contributed by atoms with Gasteiger partial charge in [-0.3, -0.25) is 0 Å². The number of benzene rings is 2. The summed E-state index contributed by atoms with van der Waals surface area (Å²) in [5.41, 5.74) is -1.23. The summed E-state index contributed by atoms with van der Waals surface area (Å²) in [5.74, 6) is -6.37. The van der Waals surface area contributed by atoms with E-state index in [1.165, 1.54) is 12.1 Å². The van der Waals surface area contributed by atoms with E-state index in [0.29, 0.717) is 30.2 Å². The van der Waals surface area contributed by atoms with Gasteiger partial charge in [-0.1, -0.05) is 6.07 Å². The van der Waals surface area contributed by atoms with Crippen LogP contribution in [-0.2, 0) is 12.5 Å². The van der Waals surface area contributed by atoms with Crippen molar-refractivity contribution in [2.75, 3.05) is 13.2 Å². The number of aliphatic hydroxyl groups excluding tert-OH is 1. The van der Waals surface area contributed by atoms with Gasteiger partial charge in [-0.05, 0) is 41.0 Å². The molecule has 0 radical (unpaired) electrons. The molecule has 1 aliphatic rings. The highest BCUT2D eigenvalue weighted by Crippen LogP contribution is 2.45. The number of hydrogen-bond acceptors (Lipinski definition) is 3.